The summed E-state index contributed by atoms with van der Waals surface area (Å²) in [5.74, 6) is 0.226. The van der Waals surface area contributed by atoms with Crippen molar-refractivity contribution in [3.05, 3.63) is 23.3 Å². The molecule has 0 aromatic carbocycles. The van der Waals surface area contributed by atoms with E-state index < -0.39 is 6.04 Å². The van der Waals surface area contributed by atoms with Crippen LogP contribution in [0.2, 0.25) is 0 Å². The van der Waals surface area contributed by atoms with Crippen LogP contribution in [0, 0.1) is 13.8 Å². The lowest BCUT2D eigenvalue weighted by Gasteiger charge is -2.23. The van der Waals surface area contributed by atoms with Crippen LogP contribution in [0.15, 0.2) is 6.07 Å². The predicted octanol–water partition coefficient (Wildman–Crippen LogP) is 0.292. The fraction of sp³-hybridized carbons (Fsp3) is 0.588. The summed E-state index contributed by atoms with van der Waals surface area (Å²) < 4.78 is 0. The van der Waals surface area contributed by atoms with Gasteiger partial charge in [0, 0.05) is 24.8 Å². The van der Waals surface area contributed by atoms with Gasteiger partial charge in [0.2, 0.25) is 11.8 Å². The number of hydrogen-bond acceptors (Lipinski definition) is 6. The highest BCUT2D eigenvalue weighted by molar-refractivity contribution is 7.99. The molecule has 3 amide bonds. The molecule has 9 heteroatoms. The molecule has 142 valence electrons. The van der Waals surface area contributed by atoms with E-state index in [9.17, 15) is 14.4 Å². The number of aryl methyl sites for hydroxylation is 2. The zero-order chi connectivity index (χ0) is 19.3. The van der Waals surface area contributed by atoms with Crippen LogP contribution < -0.4 is 10.6 Å². The van der Waals surface area contributed by atoms with Crippen LogP contribution in [0.25, 0.3) is 0 Å². The molecule has 1 aromatic heterocycles. The van der Waals surface area contributed by atoms with Gasteiger partial charge in [-0.15, -0.1) is 0 Å². The van der Waals surface area contributed by atoms with E-state index in [1.54, 1.807) is 24.8 Å². The zero-order valence-electron chi connectivity index (χ0n) is 15.5. The number of nitrogens with one attached hydrogen (secondary N) is 2. The van der Waals surface area contributed by atoms with E-state index in [-0.39, 0.29) is 23.8 Å². The van der Waals surface area contributed by atoms with Gasteiger partial charge >= 0.3 is 0 Å². The SMILES string of the molecule is CCNC(=O)[C@@H]1C[C@@H](NC(=O)c2cc(C)nc(C)n2)CN1C(=O)CSC. The molecule has 1 aromatic rings. The standard InChI is InChI=1S/C17H25N5O3S/c1-5-18-17(25)14-7-12(8-22(14)15(23)9-26-4)21-16(24)13-6-10(2)19-11(3)20-13/h6,12,14H,5,7-9H2,1-4H3,(H,18,25)(H,21,24)/t12-,14+/m1/s1. The van der Waals surface area contributed by atoms with Crippen molar-refractivity contribution in [2.75, 3.05) is 25.1 Å². The number of likely N-dealkylation sites (tertiary alicyclic amines) is 1. The molecule has 0 saturated carbocycles. The highest BCUT2D eigenvalue weighted by atomic mass is 32.2. The molecule has 1 aliphatic heterocycles. The first kappa shape index (κ1) is 20.2. The van der Waals surface area contributed by atoms with Crippen molar-refractivity contribution < 1.29 is 14.4 Å². The van der Waals surface area contributed by atoms with Crippen LogP contribution >= 0.6 is 11.8 Å². The smallest absolute Gasteiger partial charge is 0.270 e. The Balaban J connectivity index is 2.11. The summed E-state index contributed by atoms with van der Waals surface area (Å²) in [7, 11) is 0. The van der Waals surface area contributed by atoms with E-state index >= 15 is 0 Å². The van der Waals surface area contributed by atoms with Gasteiger partial charge in [-0.05, 0) is 39.5 Å². The van der Waals surface area contributed by atoms with E-state index in [1.165, 1.54) is 11.8 Å². The summed E-state index contributed by atoms with van der Waals surface area (Å²) in [6.45, 7) is 6.18. The number of hydrogen-bond donors (Lipinski definition) is 2. The van der Waals surface area contributed by atoms with E-state index in [2.05, 4.69) is 20.6 Å². The predicted molar refractivity (Wildman–Crippen MR) is 99.9 cm³/mol. The quantitative estimate of drug-likeness (QED) is 0.736. The molecule has 8 nitrogen and oxygen atoms in total. The van der Waals surface area contributed by atoms with Gasteiger partial charge < -0.3 is 15.5 Å². The summed E-state index contributed by atoms with van der Waals surface area (Å²) in [6.07, 6.45) is 2.23. The Morgan fingerprint density at radius 3 is 2.65 bits per heavy atom. The number of likely N-dealkylation sites (N-methyl/N-ethyl adjacent to an activating group) is 1. The van der Waals surface area contributed by atoms with E-state index in [0.29, 0.717) is 42.5 Å². The lowest BCUT2D eigenvalue weighted by Crippen LogP contribution is -2.46. The largest absolute Gasteiger partial charge is 0.355 e. The first-order valence-corrected chi connectivity index (χ1v) is 9.94. The third-order valence-electron chi connectivity index (χ3n) is 4.08. The summed E-state index contributed by atoms with van der Waals surface area (Å²) in [5.41, 5.74) is 1.00. The Morgan fingerprint density at radius 2 is 2.04 bits per heavy atom. The number of carbonyl (C=O) groups excluding carboxylic acids is 3. The van der Waals surface area contributed by atoms with Gasteiger partial charge in [0.1, 0.15) is 17.6 Å². The number of thioether (sulfide) groups is 1. The zero-order valence-corrected chi connectivity index (χ0v) is 16.4. The first-order valence-electron chi connectivity index (χ1n) is 8.55. The van der Waals surface area contributed by atoms with Crippen molar-refractivity contribution in [2.45, 2.75) is 39.3 Å². The van der Waals surface area contributed by atoms with Gasteiger partial charge in [0.05, 0.1) is 5.75 Å². The summed E-state index contributed by atoms with van der Waals surface area (Å²) >= 11 is 1.41. The molecule has 2 heterocycles. The molecule has 2 N–H and O–H groups in total. The minimum atomic E-state index is -0.561. The highest BCUT2D eigenvalue weighted by Crippen LogP contribution is 2.20. The minimum absolute atomic E-state index is 0.0979. The van der Waals surface area contributed by atoms with Crippen LogP contribution in [0.4, 0.5) is 0 Å². The molecule has 1 fully saturated rings. The van der Waals surface area contributed by atoms with Gasteiger partial charge in [-0.3, -0.25) is 14.4 Å². The van der Waals surface area contributed by atoms with E-state index in [4.69, 9.17) is 0 Å². The minimum Gasteiger partial charge on any atom is -0.355 e. The third kappa shape index (κ3) is 4.94. The van der Waals surface area contributed by atoms with Crippen LogP contribution in [0.3, 0.4) is 0 Å². The van der Waals surface area contributed by atoms with Crippen molar-refractivity contribution in [3.8, 4) is 0 Å². The summed E-state index contributed by atoms with van der Waals surface area (Å²) in [4.78, 5) is 47.0. The molecule has 0 bridgehead atoms. The van der Waals surface area contributed by atoms with Gasteiger partial charge in [-0.2, -0.15) is 11.8 Å². The van der Waals surface area contributed by atoms with Crippen LogP contribution in [0.5, 0.6) is 0 Å². The first-order chi connectivity index (χ1) is 12.3. The summed E-state index contributed by atoms with van der Waals surface area (Å²) in [6, 6.07) is 0.764. The van der Waals surface area contributed by atoms with Gasteiger partial charge in [0.15, 0.2) is 0 Å². The van der Waals surface area contributed by atoms with Crippen molar-refractivity contribution in [1.82, 2.24) is 25.5 Å². The average Bonchev–Trinajstić information content (AvgIpc) is 2.98. The monoisotopic (exact) mass is 379 g/mol. The van der Waals surface area contributed by atoms with Gasteiger partial charge in [-0.25, -0.2) is 9.97 Å². The van der Waals surface area contributed by atoms with Crippen molar-refractivity contribution in [1.29, 1.82) is 0 Å². The fourth-order valence-corrected chi connectivity index (χ4v) is 3.47. The second-order valence-electron chi connectivity index (χ2n) is 6.24. The second-order valence-corrected chi connectivity index (χ2v) is 7.10. The third-order valence-corrected chi connectivity index (χ3v) is 4.61. The van der Waals surface area contributed by atoms with Crippen LogP contribution in [0.1, 0.15) is 35.4 Å². The average molecular weight is 379 g/mol. The molecule has 0 spiro atoms. The Labute approximate surface area is 157 Å². The lowest BCUT2D eigenvalue weighted by atomic mass is 10.1. The van der Waals surface area contributed by atoms with Crippen LogP contribution in [-0.4, -0.2) is 69.8 Å². The maximum absolute atomic E-state index is 12.5. The Morgan fingerprint density at radius 1 is 1.31 bits per heavy atom. The highest BCUT2D eigenvalue weighted by Gasteiger charge is 2.39. The number of rotatable bonds is 6. The Hall–Kier alpha value is -2.16. The molecular formula is C17H25N5O3S. The maximum Gasteiger partial charge on any atom is 0.270 e. The van der Waals surface area contributed by atoms with Gasteiger partial charge in [0.25, 0.3) is 5.91 Å². The summed E-state index contributed by atoms with van der Waals surface area (Å²) in [5, 5.41) is 5.66. The Kier molecular flexibility index (Phi) is 6.96. The molecule has 26 heavy (non-hydrogen) atoms. The normalized spacial score (nSPS) is 19.3. The molecule has 1 aliphatic rings. The molecule has 0 aliphatic carbocycles. The topological polar surface area (TPSA) is 104 Å². The fourth-order valence-electron chi connectivity index (χ4n) is 3.06. The molecule has 0 unspecified atom stereocenters. The van der Waals surface area contributed by atoms with Crippen molar-refractivity contribution in [2.24, 2.45) is 0 Å². The van der Waals surface area contributed by atoms with E-state index in [1.807, 2.05) is 13.2 Å². The number of carbonyl (C=O) groups is 3. The Bertz CT molecular complexity index is 651. The molecule has 1 saturated heterocycles. The molecule has 2 atom stereocenters. The number of aromatic nitrogens is 2. The molecular weight excluding hydrogens is 354 g/mol. The van der Waals surface area contributed by atoms with Crippen LogP contribution in [-0.2, 0) is 9.59 Å². The van der Waals surface area contributed by atoms with Crippen molar-refractivity contribution in [3.63, 3.8) is 0 Å². The molecule has 0 radical (unpaired) electrons. The number of nitrogens with zero attached hydrogens (tertiary/aromatic N) is 3. The van der Waals surface area contributed by atoms with Crippen molar-refractivity contribution >= 4 is 29.5 Å². The maximum atomic E-state index is 12.5. The lowest BCUT2D eigenvalue weighted by molar-refractivity contribution is -0.136. The number of amides is 3. The molecule has 2 rings (SSSR count). The van der Waals surface area contributed by atoms with Gasteiger partial charge in [-0.1, -0.05) is 0 Å². The van der Waals surface area contributed by atoms with E-state index in [0.717, 1.165) is 0 Å². The second kappa shape index (κ2) is 8.98.